The van der Waals surface area contributed by atoms with E-state index in [0.29, 0.717) is 31.3 Å². The van der Waals surface area contributed by atoms with Crippen molar-refractivity contribution in [2.75, 3.05) is 26.3 Å². The summed E-state index contributed by atoms with van der Waals surface area (Å²) >= 11 is 0. The Bertz CT molecular complexity index is 1530. The number of ether oxygens (including phenoxy) is 3. The van der Waals surface area contributed by atoms with E-state index in [0.717, 1.165) is 67.4 Å². The summed E-state index contributed by atoms with van der Waals surface area (Å²) in [4.78, 5) is 23.2. The molecule has 1 N–H and O–H groups in total. The lowest BCUT2D eigenvalue weighted by Gasteiger charge is -2.35. The number of benzene rings is 2. The zero-order chi connectivity index (χ0) is 27.1. The van der Waals surface area contributed by atoms with Crippen LogP contribution in [0.15, 0.2) is 60.7 Å². The molecule has 3 aliphatic heterocycles. The summed E-state index contributed by atoms with van der Waals surface area (Å²) in [6.45, 7) is 4.45. The molecule has 9 heteroatoms. The zero-order valence-corrected chi connectivity index (χ0v) is 22.2. The Morgan fingerprint density at radius 2 is 1.80 bits per heavy atom. The van der Waals surface area contributed by atoms with E-state index in [1.807, 2.05) is 24.3 Å². The Morgan fingerprint density at radius 3 is 2.55 bits per heavy atom. The zero-order valence-electron chi connectivity index (χ0n) is 22.2. The predicted octanol–water partition coefficient (Wildman–Crippen LogP) is 4.81. The van der Waals surface area contributed by atoms with Gasteiger partial charge in [0.2, 0.25) is 0 Å². The molecule has 9 nitrogen and oxygen atoms in total. The average Bonchev–Trinajstić information content (AvgIpc) is 3.31. The van der Waals surface area contributed by atoms with Crippen molar-refractivity contribution in [1.82, 2.24) is 19.4 Å². The molecule has 0 amide bonds. The van der Waals surface area contributed by atoms with E-state index >= 15 is 0 Å². The van der Waals surface area contributed by atoms with E-state index < -0.39 is 5.97 Å². The quantitative estimate of drug-likeness (QED) is 0.357. The van der Waals surface area contributed by atoms with Crippen LogP contribution in [0.2, 0.25) is 0 Å². The fraction of sp³-hybridized carbons (Fsp3) is 0.387. The van der Waals surface area contributed by atoms with Crippen molar-refractivity contribution in [2.24, 2.45) is 0 Å². The standard InChI is InChI=1S/C31H32N4O5/c36-31(37)25-10-9-24-30(33-25)35(17-22-13-16-38-22)28(32-24)18-34-14-11-20(12-15-34)23-7-4-8-26-29(23)39-19-27(40-26)21-5-2-1-3-6-21/h1-10,20,22,27H,11-19H2,(H,36,37)/t22-,27?/m0/s1. The van der Waals surface area contributed by atoms with Crippen LogP contribution in [-0.4, -0.2) is 62.9 Å². The van der Waals surface area contributed by atoms with Gasteiger partial charge in [-0.25, -0.2) is 14.8 Å². The largest absolute Gasteiger partial charge is 0.485 e. The van der Waals surface area contributed by atoms with Crippen LogP contribution in [0.1, 0.15) is 58.7 Å². The maximum Gasteiger partial charge on any atom is 0.354 e. The number of hydrogen-bond donors (Lipinski definition) is 1. The molecule has 0 radical (unpaired) electrons. The number of nitrogens with zero attached hydrogens (tertiary/aromatic N) is 4. The molecule has 2 fully saturated rings. The lowest BCUT2D eigenvalue weighted by molar-refractivity contribution is -0.0593. The highest BCUT2D eigenvalue weighted by Gasteiger charge is 2.30. The van der Waals surface area contributed by atoms with Gasteiger partial charge in [0.1, 0.15) is 17.9 Å². The molecule has 1 unspecified atom stereocenters. The number of carboxylic acids is 1. The fourth-order valence-electron chi connectivity index (χ4n) is 5.99. The molecule has 0 bridgehead atoms. The van der Waals surface area contributed by atoms with E-state index in [9.17, 15) is 9.90 Å². The minimum Gasteiger partial charge on any atom is -0.485 e. The summed E-state index contributed by atoms with van der Waals surface area (Å²) in [6.07, 6.45) is 3.02. The van der Waals surface area contributed by atoms with Crippen LogP contribution in [0.4, 0.5) is 0 Å². The van der Waals surface area contributed by atoms with Crippen molar-refractivity contribution in [3.8, 4) is 11.5 Å². The molecule has 4 aromatic rings. The summed E-state index contributed by atoms with van der Waals surface area (Å²) in [6, 6.07) is 19.7. The minimum atomic E-state index is -1.04. The number of para-hydroxylation sites is 1. The van der Waals surface area contributed by atoms with Gasteiger partial charge in [0.05, 0.1) is 19.2 Å². The lowest BCUT2D eigenvalue weighted by Crippen LogP contribution is -2.35. The van der Waals surface area contributed by atoms with Crippen LogP contribution in [0.25, 0.3) is 11.2 Å². The number of aromatic carboxylic acids is 1. The Kier molecular flexibility index (Phi) is 6.61. The minimum absolute atomic E-state index is 0.0306. The number of likely N-dealkylation sites (tertiary alicyclic amines) is 1. The summed E-state index contributed by atoms with van der Waals surface area (Å²) < 4.78 is 20.4. The molecule has 0 spiro atoms. The second-order valence-electron chi connectivity index (χ2n) is 10.8. The van der Waals surface area contributed by atoms with Gasteiger partial charge in [-0.1, -0.05) is 42.5 Å². The van der Waals surface area contributed by atoms with Crippen molar-refractivity contribution in [1.29, 1.82) is 0 Å². The van der Waals surface area contributed by atoms with E-state index in [1.54, 1.807) is 6.07 Å². The van der Waals surface area contributed by atoms with Crippen molar-refractivity contribution in [2.45, 2.75) is 50.5 Å². The van der Waals surface area contributed by atoms with E-state index in [4.69, 9.17) is 19.2 Å². The molecule has 0 aliphatic carbocycles. The summed E-state index contributed by atoms with van der Waals surface area (Å²) in [5.74, 6) is 1.96. The Morgan fingerprint density at radius 1 is 0.975 bits per heavy atom. The predicted molar refractivity (Wildman–Crippen MR) is 148 cm³/mol. The fourth-order valence-corrected chi connectivity index (χ4v) is 5.99. The first kappa shape index (κ1) is 25.0. The number of pyridine rings is 1. The maximum atomic E-state index is 11.5. The van der Waals surface area contributed by atoms with E-state index in [-0.39, 0.29) is 17.9 Å². The van der Waals surface area contributed by atoms with Crippen LogP contribution in [0, 0.1) is 0 Å². The maximum absolute atomic E-state index is 11.5. The molecule has 2 saturated heterocycles. The molecular formula is C31H32N4O5. The van der Waals surface area contributed by atoms with Gasteiger partial charge < -0.3 is 23.9 Å². The highest BCUT2D eigenvalue weighted by molar-refractivity contribution is 5.88. The third kappa shape index (κ3) is 4.80. The number of fused-ring (bicyclic) bond motifs is 2. The number of carboxylic acid groups (broad SMARTS) is 1. The van der Waals surface area contributed by atoms with Crippen LogP contribution in [-0.2, 0) is 17.8 Å². The highest BCUT2D eigenvalue weighted by atomic mass is 16.6. The number of aromatic nitrogens is 3. The second kappa shape index (κ2) is 10.6. The smallest absolute Gasteiger partial charge is 0.354 e. The van der Waals surface area contributed by atoms with Crippen LogP contribution >= 0.6 is 0 Å². The monoisotopic (exact) mass is 540 g/mol. The molecule has 40 heavy (non-hydrogen) atoms. The van der Waals surface area contributed by atoms with Crippen molar-refractivity contribution in [3.63, 3.8) is 0 Å². The SMILES string of the molecule is O=C(O)c1ccc2nc(CN3CCC(c4cccc5c4OCC(c4ccccc4)O5)CC3)n(C[C@@H]3CCO3)c2n1. The van der Waals surface area contributed by atoms with Gasteiger partial charge in [-0.3, -0.25) is 4.90 Å². The number of piperidine rings is 1. The molecule has 206 valence electrons. The van der Waals surface area contributed by atoms with Gasteiger partial charge in [-0.2, -0.15) is 0 Å². The molecule has 7 rings (SSSR count). The van der Waals surface area contributed by atoms with Gasteiger partial charge in [-0.15, -0.1) is 0 Å². The Balaban J connectivity index is 1.06. The van der Waals surface area contributed by atoms with E-state index in [2.05, 4.69) is 38.7 Å². The van der Waals surface area contributed by atoms with Crippen LogP contribution in [0.5, 0.6) is 11.5 Å². The Labute approximate surface area is 232 Å². The second-order valence-corrected chi connectivity index (χ2v) is 10.8. The van der Waals surface area contributed by atoms with Gasteiger partial charge in [0, 0.05) is 12.2 Å². The molecule has 2 atom stereocenters. The number of hydrogen-bond acceptors (Lipinski definition) is 7. The first-order valence-electron chi connectivity index (χ1n) is 14.0. The van der Waals surface area contributed by atoms with Crippen LogP contribution in [0.3, 0.4) is 0 Å². The molecular weight excluding hydrogens is 508 g/mol. The first-order chi connectivity index (χ1) is 19.6. The third-order valence-corrected chi connectivity index (χ3v) is 8.29. The number of imidazole rings is 1. The molecule has 3 aliphatic rings. The van der Waals surface area contributed by atoms with Crippen molar-refractivity contribution >= 4 is 17.1 Å². The van der Waals surface area contributed by atoms with Gasteiger partial charge in [0.15, 0.2) is 28.9 Å². The van der Waals surface area contributed by atoms with E-state index in [1.165, 1.54) is 11.6 Å². The molecule has 2 aromatic heterocycles. The molecule has 5 heterocycles. The van der Waals surface area contributed by atoms with Crippen molar-refractivity contribution in [3.05, 3.63) is 83.3 Å². The molecule has 0 saturated carbocycles. The normalized spacial score (nSPS) is 21.3. The summed E-state index contributed by atoms with van der Waals surface area (Å²) in [7, 11) is 0. The molecule has 2 aromatic carbocycles. The average molecular weight is 541 g/mol. The van der Waals surface area contributed by atoms with Crippen LogP contribution < -0.4 is 9.47 Å². The number of carbonyl (C=O) groups is 1. The number of rotatable bonds is 7. The van der Waals surface area contributed by atoms with Gasteiger partial charge in [0.25, 0.3) is 0 Å². The summed E-state index contributed by atoms with van der Waals surface area (Å²) in [5.41, 5.74) is 3.71. The topological polar surface area (TPSA) is 98.9 Å². The Hall–Kier alpha value is -3.95. The first-order valence-corrected chi connectivity index (χ1v) is 14.0. The van der Waals surface area contributed by atoms with Gasteiger partial charge >= 0.3 is 5.97 Å². The van der Waals surface area contributed by atoms with Crippen molar-refractivity contribution < 1.29 is 24.1 Å². The lowest BCUT2D eigenvalue weighted by atomic mass is 9.88. The third-order valence-electron chi connectivity index (χ3n) is 8.29. The summed E-state index contributed by atoms with van der Waals surface area (Å²) in [5, 5.41) is 9.46. The highest BCUT2D eigenvalue weighted by Crippen LogP contribution is 2.44. The van der Waals surface area contributed by atoms with Gasteiger partial charge in [-0.05, 0) is 62.0 Å².